The highest BCUT2D eigenvalue weighted by atomic mass is 16.3. The summed E-state index contributed by atoms with van der Waals surface area (Å²) in [5.41, 5.74) is 0.947. The third-order valence-corrected chi connectivity index (χ3v) is 5.37. The summed E-state index contributed by atoms with van der Waals surface area (Å²) in [7, 11) is 0. The topological polar surface area (TPSA) is 93.3 Å². The Balaban J connectivity index is 1.32. The second-order valence-electron chi connectivity index (χ2n) is 7.47. The lowest BCUT2D eigenvalue weighted by molar-refractivity contribution is 0.0593. The SMILES string of the molecule is O=C(NCC1CC1)c1cn(CCC2CCCCN2C(=O)c2ccoc2)nn1. The molecule has 1 unspecified atom stereocenters. The van der Waals surface area contributed by atoms with Crippen molar-refractivity contribution in [2.24, 2.45) is 5.92 Å². The van der Waals surface area contributed by atoms with Gasteiger partial charge in [-0.05, 0) is 50.5 Å². The molecule has 27 heavy (non-hydrogen) atoms. The van der Waals surface area contributed by atoms with E-state index in [0.717, 1.165) is 38.8 Å². The Hall–Kier alpha value is -2.64. The van der Waals surface area contributed by atoms with Crippen LogP contribution in [-0.4, -0.2) is 50.8 Å². The number of hydrogen-bond donors (Lipinski definition) is 1. The maximum absolute atomic E-state index is 12.7. The zero-order valence-corrected chi connectivity index (χ0v) is 15.3. The molecule has 1 aliphatic heterocycles. The van der Waals surface area contributed by atoms with Crippen molar-refractivity contribution >= 4 is 11.8 Å². The number of aryl methyl sites for hydroxylation is 1. The predicted molar refractivity (Wildman–Crippen MR) is 97.1 cm³/mol. The summed E-state index contributed by atoms with van der Waals surface area (Å²) in [6, 6.07) is 1.87. The molecule has 2 aromatic rings. The Morgan fingerprint density at radius 2 is 2.15 bits per heavy atom. The van der Waals surface area contributed by atoms with Gasteiger partial charge in [0.05, 0.1) is 18.0 Å². The number of nitrogens with zero attached hydrogens (tertiary/aromatic N) is 4. The number of carbonyl (C=O) groups is 2. The summed E-state index contributed by atoms with van der Waals surface area (Å²) < 4.78 is 6.74. The molecule has 3 heterocycles. The molecule has 0 aromatic carbocycles. The van der Waals surface area contributed by atoms with Gasteiger partial charge in [-0.15, -0.1) is 5.10 Å². The highest BCUT2D eigenvalue weighted by molar-refractivity contribution is 5.94. The molecule has 0 bridgehead atoms. The zero-order valence-electron chi connectivity index (χ0n) is 15.3. The maximum atomic E-state index is 12.7. The summed E-state index contributed by atoms with van der Waals surface area (Å²) in [6.45, 7) is 2.11. The van der Waals surface area contributed by atoms with Gasteiger partial charge in [0.1, 0.15) is 6.26 Å². The minimum Gasteiger partial charge on any atom is -0.472 e. The lowest BCUT2D eigenvalue weighted by Gasteiger charge is -2.35. The van der Waals surface area contributed by atoms with E-state index in [2.05, 4.69) is 15.6 Å². The van der Waals surface area contributed by atoms with E-state index in [-0.39, 0.29) is 17.9 Å². The van der Waals surface area contributed by atoms with Crippen molar-refractivity contribution in [2.75, 3.05) is 13.1 Å². The van der Waals surface area contributed by atoms with Gasteiger partial charge in [-0.2, -0.15) is 0 Å². The third-order valence-electron chi connectivity index (χ3n) is 5.37. The average molecular weight is 371 g/mol. The van der Waals surface area contributed by atoms with E-state index in [4.69, 9.17) is 4.42 Å². The second kappa shape index (κ2) is 7.94. The first kappa shape index (κ1) is 17.8. The largest absolute Gasteiger partial charge is 0.472 e. The molecule has 0 spiro atoms. The van der Waals surface area contributed by atoms with Gasteiger partial charge in [-0.1, -0.05) is 5.21 Å². The molecule has 2 amide bonds. The van der Waals surface area contributed by atoms with E-state index in [1.165, 1.54) is 25.4 Å². The molecule has 1 N–H and O–H groups in total. The van der Waals surface area contributed by atoms with Crippen LogP contribution in [0.3, 0.4) is 0 Å². The molecule has 1 saturated heterocycles. The third kappa shape index (κ3) is 4.37. The molecule has 2 fully saturated rings. The number of nitrogens with one attached hydrogen (secondary N) is 1. The monoisotopic (exact) mass is 371 g/mol. The van der Waals surface area contributed by atoms with Crippen molar-refractivity contribution in [2.45, 2.75) is 51.1 Å². The van der Waals surface area contributed by atoms with Gasteiger partial charge < -0.3 is 14.6 Å². The van der Waals surface area contributed by atoms with Crippen LogP contribution in [0.5, 0.6) is 0 Å². The van der Waals surface area contributed by atoms with E-state index in [0.29, 0.717) is 23.7 Å². The lowest BCUT2D eigenvalue weighted by Crippen LogP contribution is -2.44. The molecule has 4 rings (SSSR count). The summed E-state index contributed by atoms with van der Waals surface area (Å²) >= 11 is 0. The first-order chi connectivity index (χ1) is 13.2. The Morgan fingerprint density at radius 3 is 2.93 bits per heavy atom. The van der Waals surface area contributed by atoms with Crippen molar-refractivity contribution in [3.63, 3.8) is 0 Å². The minimum atomic E-state index is -0.164. The van der Waals surface area contributed by atoms with Gasteiger partial charge in [0.25, 0.3) is 11.8 Å². The van der Waals surface area contributed by atoms with Crippen LogP contribution in [-0.2, 0) is 6.54 Å². The van der Waals surface area contributed by atoms with Crippen LogP contribution in [0.2, 0.25) is 0 Å². The Morgan fingerprint density at radius 1 is 1.26 bits per heavy atom. The van der Waals surface area contributed by atoms with Gasteiger partial charge >= 0.3 is 0 Å². The van der Waals surface area contributed by atoms with E-state index < -0.39 is 0 Å². The molecule has 1 atom stereocenters. The van der Waals surface area contributed by atoms with Gasteiger partial charge in [-0.3, -0.25) is 14.3 Å². The number of hydrogen-bond acceptors (Lipinski definition) is 5. The number of amides is 2. The standard InChI is InChI=1S/C19H25N5O3/c25-18(20-11-14-4-5-14)17-12-23(22-21-17)9-6-16-3-1-2-8-24(16)19(26)15-7-10-27-13-15/h7,10,12-14,16H,1-6,8-9,11H2,(H,20,25). The number of likely N-dealkylation sites (tertiary alicyclic amines) is 1. The fourth-order valence-corrected chi connectivity index (χ4v) is 3.56. The van der Waals surface area contributed by atoms with Crippen molar-refractivity contribution in [3.8, 4) is 0 Å². The van der Waals surface area contributed by atoms with Crippen molar-refractivity contribution < 1.29 is 14.0 Å². The molecule has 2 aliphatic rings. The van der Waals surface area contributed by atoms with Crippen molar-refractivity contribution in [1.29, 1.82) is 0 Å². The smallest absolute Gasteiger partial charge is 0.273 e. The fraction of sp³-hybridized carbons (Fsp3) is 0.579. The molecule has 8 heteroatoms. The number of furan rings is 1. The van der Waals surface area contributed by atoms with Gasteiger partial charge in [0.2, 0.25) is 0 Å². The highest BCUT2D eigenvalue weighted by Crippen LogP contribution is 2.27. The van der Waals surface area contributed by atoms with Crippen LogP contribution in [0.4, 0.5) is 0 Å². The molecule has 1 saturated carbocycles. The first-order valence-electron chi connectivity index (χ1n) is 9.72. The second-order valence-corrected chi connectivity index (χ2v) is 7.47. The van der Waals surface area contributed by atoms with E-state index >= 15 is 0 Å². The van der Waals surface area contributed by atoms with Crippen LogP contribution >= 0.6 is 0 Å². The summed E-state index contributed by atoms with van der Waals surface area (Å²) in [6.07, 6.45) is 11.0. The van der Waals surface area contributed by atoms with Crippen molar-refractivity contribution in [3.05, 3.63) is 36.0 Å². The van der Waals surface area contributed by atoms with Crippen LogP contribution in [0.25, 0.3) is 0 Å². The molecule has 0 radical (unpaired) electrons. The van der Waals surface area contributed by atoms with Gasteiger partial charge in [0.15, 0.2) is 5.69 Å². The predicted octanol–water partition coefficient (Wildman–Crippen LogP) is 2.10. The normalized spacial score (nSPS) is 19.9. The Kier molecular flexibility index (Phi) is 5.22. The molecular formula is C19H25N5O3. The van der Waals surface area contributed by atoms with E-state index in [1.807, 2.05) is 4.90 Å². The fourth-order valence-electron chi connectivity index (χ4n) is 3.56. The molecular weight excluding hydrogens is 346 g/mol. The van der Waals surface area contributed by atoms with Crippen LogP contribution in [0, 0.1) is 5.92 Å². The number of piperidine rings is 1. The van der Waals surface area contributed by atoms with Gasteiger partial charge in [0, 0.05) is 25.7 Å². The Labute approximate surface area is 157 Å². The van der Waals surface area contributed by atoms with E-state index in [9.17, 15) is 9.59 Å². The minimum absolute atomic E-state index is 0.0205. The van der Waals surface area contributed by atoms with Gasteiger partial charge in [-0.25, -0.2) is 0 Å². The van der Waals surface area contributed by atoms with Crippen LogP contribution in [0.15, 0.2) is 29.2 Å². The lowest BCUT2D eigenvalue weighted by atomic mass is 9.98. The average Bonchev–Trinajstić information content (AvgIpc) is 3.16. The Bertz CT molecular complexity index is 781. The van der Waals surface area contributed by atoms with Crippen molar-refractivity contribution in [1.82, 2.24) is 25.2 Å². The van der Waals surface area contributed by atoms with Crippen LogP contribution < -0.4 is 5.32 Å². The van der Waals surface area contributed by atoms with E-state index in [1.54, 1.807) is 16.9 Å². The summed E-state index contributed by atoms with van der Waals surface area (Å²) in [5.74, 6) is 0.490. The quantitative estimate of drug-likeness (QED) is 0.804. The summed E-state index contributed by atoms with van der Waals surface area (Å²) in [4.78, 5) is 26.7. The first-order valence-corrected chi connectivity index (χ1v) is 9.72. The molecule has 144 valence electrons. The zero-order chi connectivity index (χ0) is 18.6. The molecule has 2 aromatic heterocycles. The molecule has 8 nitrogen and oxygen atoms in total. The van der Waals surface area contributed by atoms with Crippen LogP contribution in [0.1, 0.15) is 59.4 Å². The maximum Gasteiger partial charge on any atom is 0.273 e. The summed E-state index contributed by atoms with van der Waals surface area (Å²) in [5, 5.41) is 11.0. The number of carbonyl (C=O) groups excluding carboxylic acids is 2. The molecule has 1 aliphatic carbocycles. The number of aromatic nitrogens is 3. The highest BCUT2D eigenvalue weighted by Gasteiger charge is 2.28. The number of rotatable bonds is 7.